The highest BCUT2D eigenvalue weighted by atomic mass is 16.2. The summed E-state index contributed by atoms with van der Waals surface area (Å²) in [6.45, 7) is 1.80. The number of nitrogens with zero attached hydrogens (tertiary/aromatic N) is 3. The molecule has 6 N–H and O–H groups in total. The quantitative estimate of drug-likeness (QED) is 0.134. The standard InChI is InChI=1S/C24H32N7O3/c1-16(25)22(34)31(17-8-3-2-4-9-17)24(15-32,12-7-13-28-23(26)27)21(33)20-14-29-18-10-5-6-11-19(18)30-20/h5-6,10-11,14,16-17H,2-4,7-9,12-13,25H2,1H3,(H4,26,27,28)/t16-,24-/m0/s1. The average Bonchev–Trinajstić information content (AvgIpc) is 2.85. The molecule has 34 heavy (non-hydrogen) atoms. The highest BCUT2D eigenvalue weighted by Crippen LogP contribution is 2.33. The monoisotopic (exact) mass is 466 g/mol. The second-order valence-corrected chi connectivity index (χ2v) is 8.77. The van der Waals surface area contributed by atoms with E-state index in [0.717, 1.165) is 19.3 Å². The van der Waals surface area contributed by atoms with Gasteiger partial charge in [0, 0.05) is 12.6 Å². The number of amides is 1. The summed E-state index contributed by atoms with van der Waals surface area (Å²) >= 11 is 0. The van der Waals surface area contributed by atoms with E-state index in [2.05, 4.69) is 15.3 Å². The molecule has 0 bridgehead atoms. The van der Waals surface area contributed by atoms with Gasteiger partial charge in [-0.1, -0.05) is 31.4 Å². The van der Waals surface area contributed by atoms with Crippen molar-refractivity contribution in [2.75, 3.05) is 6.54 Å². The lowest BCUT2D eigenvalue weighted by molar-refractivity contribution is -0.139. The fourth-order valence-electron chi connectivity index (χ4n) is 4.57. The summed E-state index contributed by atoms with van der Waals surface area (Å²) < 4.78 is 0. The van der Waals surface area contributed by atoms with Gasteiger partial charge in [-0.2, -0.15) is 0 Å². The van der Waals surface area contributed by atoms with Crippen LogP contribution in [0, 0.1) is 5.41 Å². The first-order valence-corrected chi connectivity index (χ1v) is 11.6. The first-order valence-electron chi connectivity index (χ1n) is 11.6. The third-order valence-corrected chi connectivity index (χ3v) is 6.23. The van der Waals surface area contributed by atoms with Gasteiger partial charge in [0.15, 0.2) is 11.5 Å². The molecule has 2 atom stereocenters. The van der Waals surface area contributed by atoms with Gasteiger partial charge < -0.3 is 21.7 Å². The van der Waals surface area contributed by atoms with Crippen LogP contribution in [-0.2, 0) is 9.59 Å². The number of aromatic nitrogens is 2. The van der Waals surface area contributed by atoms with Gasteiger partial charge in [0.1, 0.15) is 5.69 Å². The van der Waals surface area contributed by atoms with Crippen LogP contribution in [0.4, 0.5) is 0 Å². The third-order valence-electron chi connectivity index (χ3n) is 6.23. The van der Waals surface area contributed by atoms with Gasteiger partial charge in [-0.25, -0.2) is 4.98 Å². The molecule has 1 amide bonds. The lowest BCUT2D eigenvalue weighted by Crippen LogP contribution is -2.65. The molecule has 3 rings (SSSR count). The normalized spacial score (nSPS) is 16.9. The first kappa shape index (κ1) is 25.2. The van der Waals surface area contributed by atoms with E-state index < -0.39 is 23.3 Å². The second-order valence-electron chi connectivity index (χ2n) is 8.77. The molecule has 1 fully saturated rings. The molecule has 10 nitrogen and oxygen atoms in total. The van der Waals surface area contributed by atoms with E-state index in [0.29, 0.717) is 23.9 Å². The Morgan fingerprint density at radius 3 is 2.56 bits per heavy atom. The Balaban J connectivity index is 2.08. The number of hydrogen-bond donors (Lipinski definition) is 4. The summed E-state index contributed by atoms with van der Waals surface area (Å²) in [6.07, 6.45) is 7.70. The van der Waals surface area contributed by atoms with E-state index >= 15 is 0 Å². The number of nitrogens with two attached hydrogens (primary N) is 2. The highest BCUT2D eigenvalue weighted by Gasteiger charge is 2.51. The summed E-state index contributed by atoms with van der Waals surface area (Å²) in [7, 11) is 0. The van der Waals surface area contributed by atoms with Crippen molar-refractivity contribution in [2.45, 2.75) is 69.5 Å². The third kappa shape index (κ3) is 5.39. The Labute approximate surface area is 199 Å². The molecule has 0 spiro atoms. The maximum Gasteiger partial charge on any atom is 0.240 e. The SMILES string of the molecule is C[C@H](N)C(=O)N(C1CCCCC1)[C@]([C]=O)(CCCNC(=N)N)C(=O)c1cnc2ccccc2n1. The van der Waals surface area contributed by atoms with Crippen LogP contribution in [0.2, 0.25) is 0 Å². The number of carbonyl (C=O) groups is 2. The average molecular weight is 467 g/mol. The van der Waals surface area contributed by atoms with Crippen molar-refractivity contribution in [2.24, 2.45) is 11.5 Å². The molecule has 2 aromatic rings. The van der Waals surface area contributed by atoms with Crippen molar-refractivity contribution in [3.63, 3.8) is 0 Å². The summed E-state index contributed by atoms with van der Waals surface area (Å²) in [5.74, 6) is -1.33. The molecule has 181 valence electrons. The Kier molecular flexibility index (Phi) is 8.27. The van der Waals surface area contributed by atoms with Crippen molar-refractivity contribution in [1.29, 1.82) is 5.41 Å². The van der Waals surface area contributed by atoms with Crippen molar-refractivity contribution < 1.29 is 14.4 Å². The Bertz CT molecular complexity index is 1050. The number of Topliss-reactive ketones (excluding diaryl/α,β-unsaturated/α-hetero) is 1. The van der Waals surface area contributed by atoms with E-state index in [1.807, 2.05) is 12.4 Å². The fourth-order valence-corrected chi connectivity index (χ4v) is 4.57. The predicted octanol–water partition coefficient (Wildman–Crippen LogP) is 1.43. The van der Waals surface area contributed by atoms with E-state index in [4.69, 9.17) is 16.9 Å². The zero-order valence-electron chi connectivity index (χ0n) is 19.4. The molecule has 1 radical (unpaired) electrons. The number of benzene rings is 1. The summed E-state index contributed by atoms with van der Waals surface area (Å²) in [6, 6.07) is 5.89. The number of ketones is 1. The predicted molar refractivity (Wildman–Crippen MR) is 129 cm³/mol. The second kappa shape index (κ2) is 11.1. The minimum Gasteiger partial charge on any atom is -0.370 e. The fraction of sp³-hybridized carbons (Fsp3) is 0.500. The van der Waals surface area contributed by atoms with Crippen molar-refractivity contribution >= 4 is 35.0 Å². The van der Waals surface area contributed by atoms with Gasteiger partial charge in [-0.3, -0.25) is 24.8 Å². The van der Waals surface area contributed by atoms with Gasteiger partial charge in [-0.15, -0.1) is 0 Å². The van der Waals surface area contributed by atoms with Crippen molar-refractivity contribution in [1.82, 2.24) is 20.2 Å². The Morgan fingerprint density at radius 1 is 1.26 bits per heavy atom. The molecular weight excluding hydrogens is 434 g/mol. The van der Waals surface area contributed by atoms with E-state index in [9.17, 15) is 14.4 Å². The smallest absolute Gasteiger partial charge is 0.240 e. The zero-order valence-corrected chi connectivity index (χ0v) is 19.4. The van der Waals surface area contributed by atoms with Crippen molar-refractivity contribution in [3.8, 4) is 0 Å². The number of carbonyl (C=O) groups excluding carboxylic acids is 3. The lowest BCUT2D eigenvalue weighted by Gasteiger charge is -2.45. The van der Waals surface area contributed by atoms with E-state index in [1.54, 1.807) is 25.1 Å². The minimum atomic E-state index is -1.91. The molecule has 10 heteroatoms. The lowest BCUT2D eigenvalue weighted by atomic mass is 9.81. The van der Waals surface area contributed by atoms with E-state index in [1.165, 1.54) is 11.1 Å². The topological polar surface area (TPSA) is 168 Å². The molecule has 1 saturated carbocycles. The van der Waals surface area contributed by atoms with Crippen LogP contribution >= 0.6 is 0 Å². The molecule has 1 aromatic carbocycles. The molecule has 1 aliphatic carbocycles. The number of fused-ring (bicyclic) bond motifs is 1. The molecule has 0 aliphatic heterocycles. The molecule has 1 aliphatic rings. The Hall–Kier alpha value is -3.40. The number of hydrogen-bond acceptors (Lipinski definition) is 7. The van der Waals surface area contributed by atoms with Crippen LogP contribution in [0.3, 0.4) is 0 Å². The maximum atomic E-state index is 14.0. The number of nitrogens with one attached hydrogen (secondary N) is 2. The summed E-state index contributed by atoms with van der Waals surface area (Å²) in [5.41, 5.74) is 10.5. The maximum absolute atomic E-state index is 14.0. The number of para-hydroxylation sites is 2. The van der Waals surface area contributed by atoms with Crippen LogP contribution in [0.25, 0.3) is 11.0 Å². The van der Waals surface area contributed by atoms with Gasteiger partial charge in [-0.05, 0) is 44.7 Å². The molecule has 1 heterocycles. The first-order chi connectivity index (χ1) is 16.3. The van der Waals surface area contributed by atoms with Gasteiger partial charge in [0.05, 0.1) is 23.3 Å². The molecule has 0 unspecified atom stereocenters. The Morgan fingerprint density at radius 2 is 1.94 bits per heavy atom. The summed E-state index contributed by atoms with van der Waals surface area (Å²) in [5, 5.41) is 10.0. The number of guanidine groups is 1. The highest BCUT2D eigenvalue weighted by molar-refractivity contribution is 6.14. The van der Waals surface area contributed by atoms with Crippen LogP contribution < -0.4 is 16.8 Å². The molecular formula is C24H32N7O3. The number of rotatable bonds is 10. The van der Waals surface area contributed by atoms with Gasteiger partial charge in [0.25, 0.3) is 0 Å². The van der Waals surface area contributed by atoms with Gasteiger partial charge >= 0.3 is 0 Å². The van der Waals surface area contributed by atoms with Crippen LogP contribution in [0.5, 0.6) is 0 Å². The van der Waals surface area contributed by atoms with Crippen LogP contribution in [-0.4, -0.2) is 63.0 Å². The summed E-state index contributed by atoms with van der Waals surface area (Å²) in [4.78, 5) is 50.3. The van der Waals surface area contributed by atoms with Crippen LogP contribution in [0.1, 0.15) is 62.4 Å². The molecule has 1 aromatic heterocycles. The molecule has 0 saturated heterocycles. The zero-order chi connectivity index (χ0) is 24.7. The van der Waals surface area contributed by atoms with Gasteiger partial charge in [0.2, 0.25) is 18.0 Å². The van der Waals surface area contributed by atoms with Crippen LogP contribution in [0.15, 0.2) is 30.5 Å². The van der Waals surface area contributed by atoms with Crippen molar-refractivity contribution in [3.05, 3.63) is 36.2 Å². The largest absolute Gasteiger partial charge is 0.370 e. The van der Waals surface area contributed by atoms with E-state index in [-0.39, 0.29) is 37.1 Å². The minimum absolute atomic E-state index is 0.0140.